The molecule has 2 aromatic carbocycles. The highest BCUT2D eigenvalue weighted by atomic mass is 32.1. The van der Waals surface area contributed by atoms with Gasteiger partial charge in [-0.3, -0.25) is 0 Å². The van der Waals surface area contributed by atoms with Crippen LogP contribution in [0.15, 0.2) is 64.5 Å². The molecule has 0 unspecified atom stereocenters. The third-order valence-corrected chi connectivity index (χ3v) is 5.49. The van der Waals surface area contributed by atoms with E-state index in [2.05, 4.69) is 10.5 Å². The molecule has 4 aromatic rings. The first-order valence-corrected chi connectivity index (χ1v) is 10.3. The van der Waals surface area contributed by atoms with Crippen LogP contribution in [0, 0.1) is 0 Å². The molecule has 0 amide bonds. The first-order valence-electron chi connectivity index (χ1n) is 9.44. The fraction of sp³-hybridized carbons (Fsp3) is 0.227. The highest BCUT2D eigenvalue weighted by molar-refractivity contribution is 7.17. The highest BCUT2D eigenvalue weighted by Gasteiger charge is 2.32. The lowest BCUT2D eigenvalue weighted by Crippen LogP contribution is -2.19. The van der Waals surface area contributed by atoms with Crippen molar-refractivity contribution in [2.75, 3.05) is 13.2 Å². The van der Waals surface area contributed by atoms with Gasteiger partial charge >= 0.3 is 6.18 Å². The zero-order chi connectivity index (χ0) is 21.0. The smallest absolute Gasteiger partial charge is 0.416 e. The van der Waals surface area contributed by atoms with Crippen molar-refractivity contribution in [1.82, 2.24) is 10.5 Å². The molecule has 0 fully saturated rings. The molecule has 0 saturated carbocycles. The van der Waals surface area contributed by atoms with Gasteiger partial charge < -0.3 is 14.6 Å². The zero-order valence-corrected chi connectivity index (χ0v) is 16.7. The lowest BCUT2D eigenvalue weighted by molar-refractivity contribution is -0.138. The van der Waals surface area contributed by atoms with Crippen molar-refractivity contribution in [2.24, 2.45) is 0 Å². The molecule has 0 atom stereocenters. The lowest BCUT2D eigenvalue weighted by Gasteiger charge is -2.13. The van der Waals surface area contributed by atoms with Gasteiger partial charge in [0.05, 0.1) is 12.2 Å². The van der Waals surface area contributed by atoms with Crippen LogP contribution in [0.4, 0.5) is 13.2 Å². The zero-order valence-electron chi connectivity index (χ0n) is 15.9. The number of benzene rings is 2. The fourth-order valence-corrected chi connectivity index (χ4v) is 3.97. The van der Waals surface area contributed by atoms with Gasteiger partial charge in [-0.1, -0.05) is 35.5 Å². The van der Waals surface area contributed by atoms with Crippen molar-refractivity contribution in [3.63, 3.8) is 0 Å². The maximum absolute atomic E-state index is 13.0. The Bertz CT molecular complexity index is 1120. The average molecular weight is 432 g/mol. The van der Waals surface area contributed by atoms with Crippen LogP contribution >= 0.6 is 11.3 Å². The molecule has 2 aromatic heterocycles. The molecule has 0 saturated heterocycles. The van der Waals surface area contributed by atoms with Crippen LogP contribution in [0.3, 0.4) is 0 Å². The van der Waals surface area contributed by atoms with Gasteiger partial charge in [0.15, 0.2) is 5.58 Å². The van der Waals surface area contributed by atoms with E-state index in [0.29, 0.717) is 25.3 Å². The number of ether oxygens (including phenoxy) is 1. The Balaban J connectivity index is 1.27. The van der Waals surface area contributed by atoms with Crippen LogP contribution in [-0.4, -0.2) is 18.3 Å². The number of fused-ring (bicyclic) bond motifs is 1. The molecular formula is C22H19F3N2O2S. The second-order valence-corrected chi connectivity index (χ2v) is 7.62. The summed E-state index contributed by atoms with van der Waals surface area (Å²) in [7, 11) is 0. The fourth-order valence-electron chi connectivity index (χ4n) is 3.16. The van der Waals surface area contributed by atoms with E-state index in [1.807, 2.05) is 35.7 Å². The standard InChI is InChI=1S/C22H19F3N2O2S/c23-22(24,25)18-8-2-1-5-16(18)14-26-10-4-11-28-17-7-3-6-15(13-17)20-21-19(29-27-20)9-12-30-21/h1-3,5-9,12-13,26H,4,10-11,14H2. The molecule has 4 rings (SSSR count). The van der Waals surface area contributed by atoms with E-state index in [4.69, 9.17) is 9.26 Å². The van der Waals surface area contributed by atoms with Crippen LogP contribution in [0.2, 0.25) is 0 Å². The Hall–Kier alpha value is -2.84. The van der Waals surface area contributed by atoms with Crippen LogP contribution in [0.5, 0.6) is 5.75 Å². The summed E-state index contributed by atoms with van der Waals surface area (Å²) in [6, 6.07) is 15.1. The van der Waals surface area contributed by atoms with Crippen LogP contribution in [0.1, 0.15) is 17.5 Å². The summed E-state index contributed by atoms with van der Waals surface area (Å²) in [4.78, 5) is 0. The second-order valence-electron chi connectivity index (χ2n) is 6.71. The number of aromatic nitrogens is 1. The Morgan fingerprint density at radius 1 is 1.07 bits per heavy atom. The predicted octanol–water partition coefficient (Wildman–Crippen LogP) is 6.13. The monoisotopic (exact) mass is 432 g/mol. The number of halogens is 3. The number of rotatable bonds is 8. The molecule has 0 aliphatic carbocycles. The maximum Gasteiger partial charge on any atom is 0.416 e. The second kappa shape index (κ2) is 8.89. The first-order chi connectivity index (χ1) is 14.5. The van der Waals surface area contributed by atoms with E-state index >= 15 is 0 Å². The Morgan fingerprint density at radius 3 is 2.80 bits per heavy atom. The summed E-state index contributed by atoms with van der Waals surface area (Å²) in [6.45, 7) is 1.16. The first kappa shape index (κ1) is 20.4. The normalized spacial score (nSPS) is 11.8. The van der Waals surface area contributed by atoms with Gasteiger partial charge in [0.2, 0.25) is 0 Å². The molecule has 0 bridgehead atoms. The molecule has 30 heavy (non-hydrogen) atoms. The minimum absolute atomic E-state index is 0.161. The van der Waals surface area contributed by atoms with Gasteiger partial charge in [0.1, 0.15) is 16.1 Å². The van der Waals surface area contributed by atoms with E-state index in [0.717, 1.165) is 27.6 Å². The number of hydrogen-bond acceptors (Lipinski definition) is 5. The van der Waals surface area contributed by atoms with Crippen LogP contribution < -0.4 is 10.1 Å². The molecule has 4 nitrogen and oxygen atoms in total. The number of hydrogen-bond donors (Lipinski definition) is 1. The summed E-state index contributed by atoms with van der Waals surface area (Å²) in [5.41, 5.74) is 2.11. The van der Waals surface area contributed by atoms with Gasteiger partial charge in [0.25, 0.3) is 0 Å². The molecule has 156 valence electrons. The maximum atomic E-state index is 13.0. The average Bonchev–Trinajstić information content (AvgIpc) is 3.34. The molecule has 0 radical (unpaired) electrons. The largest absolute Gasteiger partial charge is 0.494 e. The summed E-state index contributed by atoms with van der Waals surface area (Å²) in [6.07, 6.45) is -3.68. The summed E-state index contributed by atoms with van der Waals surface area (Å²) in [5.74, 6) is 0.711. The molecular weight excluding hydrogens is 413 g/mol. The van der Waals surface area contributed by atoms with E-state index in [1.165, 1.54) is 12.1 Å². The van der Waals surface area contributed by atoms with Crippen molar-refractivity contribution in [3.8, 4) is 17.0 Å². The van der Waals surface area contributed by atoms with Gasteiger partial charge in [0, 0.05) is 12.1 Å². The molecule has 0 spiro atoms. The van der Waals surface area contributed by atoms with Crippen LogP contribution in [-0.2, 0) is 12.7 Å². The summed E-state index contributed by atoms with van der Waals surface area (Å²) < 4.78 is 51.1. The highest BCUT2D eigenvalue weighted by Crippen LogP contribution is 2.33. The van der Waals surface area contributed by atoms with Crippen LogP contribution in [0.25, 0.3) is 21.5 Å². The van der Waals surface area contributed by atoms with E-state index in [-0.39, 0.29) is 12.1 Å². The van der Waals surface area contributed by atoms with Gasteiger partial charge in [-0.15, -0.1) is 11.3 Å². The molecule has 0 aliphatic heterocycles. The topological polar surface area (TPSA) is 47.3 Å². The molecule has 1 N–H and O–H groups in total. The van der Waals surface area contributed by atoms with Crippen molar-refractivity contribution in [3.05, 3.63) is 71.1 Å². The summed E-state index contributed by atoms with van der Waals surface area (Å²) in [5, 5.41) is 9.14. The predicted molar refractivity (Wildman–Crippen MR) is 111 cm³/mol. The number of alkyl halides is 3. The minimum atomic E-state index is -4.34. The molecule has 0 aliphatic rings. The van der Waals surface area contributed by atoms with E-state index in [1.54, 1.807) is 17.4 Å². The van der Waals surface area contributed by atoms with E-state index < -0.39 is 11.7 Å². The van der Waals surface area contributed by atoms with Gasteiger partial charge in [-0.25, -0.2) is 0 Å². The lowest BCUT2D eigenvalue weighted by atomic mass is 10.1. The third-order valence-electron chi connectivity index (χ3n) is 4.59. The molecule has 2 heterocycles. The van der Waals surface area contributed by atoms with Gasteiger partial charge in [-0.05, 0) is 48.2 Å². The Morgan fingerprint density at radius 2 is 1.93 bits per heavy atom. The number of nitrogens with one attached hydrogen (secondary N) is 1. The number of thiophene rings is 1. The quantitative estimate of drug-likeness (QED) is 0.340. The summed E-state index contributed by atoms with van der Waals surface area (Å²) >= 11 is 1.57. The minimum Gasteiger partial charge on any atom is -0.494 e. The Labute approximate surface area is 175 Å². The van der Waals surface area contributed by atoms with Crippen molar-refractivity contribution >= 4 is 21.6 Å². The van der Waals surface area contributed by atoms with Gasteiger partial charge in [-0.2, -0.15) is 13.2 Å². The third kappa shape index (κ3) is 4.66. The SMILES string of the molecule is FC(F)(F)c1ccccc1CNCCCOc1cccc(-c2noc3ccsc23)c1. The van der Waals surface area contributed by atoms with E-state index in [9.17, 15) is 13.2 Å². The molecule has 8 heteroatoms. The number of nitrogens with zero attached hydrogens (tertiary/aromatic N) is 1. The van der Waals surface area contributed by atoms with Crippen molar-refractivity contribution in [2.45, 2.75) is 19.1 Å². The Kier molecular flexibility index (Phi) is 6.06. The van der Waals surface area contributed by atoms with Crippen molar-refractivity contribution in [1.29, 1.82) is 0 Å². The van der Waals surface area contributed by atoms with Crippen molar-refractivity contribution < 1.29 is 22.4 Å².